The molecule has 0 unspecified atom stereocenters. The van der Waals surface area contributed by atoms with E-state index in [1.54, 1.807) is 6.07 Å². The largest absolute Gasteiger partial charge is 0.422 e. The molecule has 0 saturated carbocycles. The van der Waals surface area contributed by atoms with Crippen LogP contribution in [0.3, 0.4) is 0 Å². The van der Waals surface area contributed by atoms with E-state index in [1.165, 1.54) is 0 Å². The van der Waals surface area contributed by atoms with Crippen LogP contribution in [0, 0.1) is 0 Å². The Bertz CT molecular complexity index is 841. The van der Waals surface area contributed by atoms with Gasteiger partial charge in [0.25, 0.3) is 0 Å². The summed E-state index contributed by atoms with van der Waals surface area (Å²) in [5.74, 6) is 0. The van der Waals surface area contributed by atoms with Crippen LogP contribution in [0.5, 0.6) is 0 Å². The van der Waals surface area contributed by atoms with Crippen LogP contribution in [0.1, 0.15) is 5.56 Å². The highest BCUT2D eigenvalue weighted by atomic mass is 79.9. The Kier molecular flexibility index (Phi) is 3.80. The third-order valence-electron chi connectivity index (χ3n) is 3.38. The van der Waals surface area contributed by atoms with Crippen LogP contribution < -0.4 is 10.5 Å². The van der Waals surface area contributed by atoms with Crippen molar-refractivity contribution in [2.24, 2.45) is 0 Å². The summed E-state index contributed by atoms with van der Waals surface area (Å²) in [7, 11) is 1.95. The molecule has 0 bridgehead atoms. The highest BCUT2D eigenvalue weighted by Crippen LogP contribution is 2.25. The summed E-state index contributed by atoms with van der Waals surface area (Å²) in [5, 5.41) is 0.938. The van der Waals surface area contributed by atoms with E-state index in [1.807, 2.05) is 60.5 Å². The zero-order chi connectivity index (χ0) is 14.8. The predicted octanol–water partition coefficient (Wildman–Crippen LogP) is 4.19. The fourth-order valence-corrected chi connectivity index (χ4v) is 2.90. The molecule has 2 aromatic carbocycles. The van der Waals surface area contributed by atoms with Gasteiger partial charge in [0.05, 0.1) is 11.3 Å². The normalized spacial score (nSPS) is 10.8. The van der Waals surface area contributed by atoms with Crippen molar-refractivity contribution >= 4 is 32.6 Å². The summed E-state index contributed by atoms with van der Waals surface area (Å²) in [4.78, 5) is 14.1. The molecular formula is C17H14BrNO2. The second-order valence-corrected chi connectivity index (χ2v) is 5.76. The quantitative estimate of drug-likeness (QED) is 0.668. The smallest absolute Gasteiger partial charge is 0.341 e. The van der Waals surface area contributed by atoms with Crippen LogP contribution in [0.4, 0.5) is 5.69 Å². The van der Waals surface area contributed by atoms with Gasteiger partial charge in [-0.3, -0.25) is 0 Å². The topological polar surface area (TPSA) is 33.5 Å². The summed E-state index contributed by atoms with van der Waals surface area (Å²) in [6.07, 6.45) is 0. The van der Waals surface area contributed by atoms with Gasteiger partial charge in [0.1, 0.15) is 5.58 Å². The van der Waals surface area contributed by atoms with Crippen LogP contribution in [-0.2, 0) is 6.54 Å². The Labute approximate surface area is 130 Å². The van der Waals surface area contributed by atoms with Crippen LogP contribution in [0.15, 0.2) is 68.3 Å². The maximum Gasteiger partial charge on any atom is 0.341 e. The molecule has 0 fully saturated rings. The van der Waals surface area contributed by atoms with E-state index in [0.29, 0.717) is 17.7 Å². The molecule has 0 N–H and O–H groups in total. The van der Waals surface area contributed by atoms with Gasteiger partial charge in [0, 0.05) is 23.5 Å². The SMILES string of the molecule is CN(Cc1cc2ccccc2oc1=O)c1ccccc1Br. The van der Waals surface area contributed by atoms with Crippen LogP contribution in [-0.4, -0.2) is 7.05 Å². The molecule has 0 aliphatic rings. The fraction of sp³-hybridized carbons (Fsp3) is 0.118. The van der Waals surface area contributed by atoms with Crippen molar-refractivity contribution in [1.82, 2.24) is 0 Å². The van der Waals surface area contributed by atoms with E-state index in [-0.39, 0.29) is 5.63 Å². The number of nitrogens with zero attached hydrogens (tertiary/aromatic N) is 1. The van der Waals surface area contributed by atoms with Crippen molar-refractivity contribution in [2.45, 2.75) is 6.54 Å². The number of rotatable bonds is 3. The number of hydrogen-bond acceptors (Lipinski definition) is 3. The Morgan fingerprint density at radius 2 is 1.81 bits per heavy atom. The summed E-state index contributed by atoms with van der Waals surface area (Å²) in [6.45, 7) is 0.496. The van der Waals surface area contributed by atoms with Crippen LogP contribution in [0.25, 0.3) is 11.0 Å². The van der Waals surface area contributed by atoms with Crippen LogP contribution in [0.2, 0.25) is 0 Å². The first-order valence-corrected chi connectivity index (χ1v) is 7.42. The molecule has 1 aromatic heterocycles. The molecular weight excluding hydrogens is 330 g/mol. The Balaban J connectivity index is 1.96. The van der Waals surface area contributed by atoms with Gasteiger partial charge in [-0.15, -0.1) is 0 Å². The number of anilines is 1. The Morgan fingerprint density at radius 3 is 2.62 bits per heavy atom. The van der Waals surface area contributed by atoms with E-state index < -0.39 is 0 Å². The number of benzene rings is 2. The maximum absolute atomic E-state index is 12.1. The van der Waals surface area contributed by atoms with Crippen molar-refractivity contribution in [1.29, 1.82) is 0 Å². The monoisotopic (exact) mass is 343 g/mol. The van der Waals surface area contributed by atoms with Crippen molar-refractivity contribution in [2.75, 3.05) is 11.9 Å². The van der Waals surface area contributed by atoms with Gasteiger partial charge in [-0.05, 0) is 40.2 Å². The van der Waals surface area contributed by atoms with Gasteiger partial charge < -0.3 is 9.32 Å². The van der Waals surface area contributed by atoms with E-state index in [0.717, 1.165) is 15.5 Å². The van der Waals surface area contributed by atoms with Crippen molar-refractivity contribution in [3.8, 4) is 0 Å². The lowest BCUT2D eigenvalue weighted by Crippen LogP contribution is -2.21. The van der Waals surface area contributed by atoms with E-state index in [4.69, 9.17) is 4.42 Å². The first-order valence-electron chi connectivity index (χ1n) is 6.62. The number of hydrogen-bond donors (Lipinski definition) is 0. The standard InChI is InChI=1S/C17H14BrNO2/c1-19(15-8-4-3-7-14(15)18)11-13-10-12-6-2-5-9-16(12)21-17(13)20/h2-10H,11H2,1H3. The minimum atomic E-state index is -0.285. The third-order valence-corrected chi connectivity index (χ3v) is 4.06. The second-order valence-electron chi connectivity index (χ2n) is 4.90. The molecule has 3 nitrogen and oxygen atoms in total. The lowest BCUT2D eigenvalue weighted by molar-refractivity contribution is 0.549. The van der Waals surface area contributed by atoms with Gasteiger partial charge in [-0.25, -0.2) is 4.79 Å². The molecule has 0 spiro atoms. The minimum absolute atomic E-state index is 0.285. The zero-order valence-corrected chi connectivity index (χ0v) is 13.1. The number of para-hydroxylation sites is 2. The first-order chi connectivity index (χ1) is 10.1. The van der Waals surface area contributed by atoms with E-state index in [9.17, 15) is 4.79 Å². The molecule has 0 aliphatic carbocycles. The molecule has 3 aromatic rings. The molecule has 0 aliphatic heterocycles. The van der Waals surface area contributed by atoms with Crippen molar-refractivity contribution in [3.63, 3.8) is 0 Å². The third kappa shape index (κ3) is 2.85. The molecule has 0 radical (unpaired) electrons. The molecule has 21 heavy (non-hydrogen) atoms. The second kappa shape index (κ2) is 5.74. The number of halogens is 1. The molecule has 0 amide bonds. The van der Waals surface area contributed by atoms with Crippen molar-refractivity contribution in [3.05, 3.63) is 75.1 Å². The summed E-state index contributed by atoms with van der Waals surface area (Å²) >= 11 is 3.53. The predicted molar refractivity (Wildman–Crippen MR) is 88.7 cm³/mol. The highest BCUT2D eigenvalue weighted by Gasteiger charge is 2.10. The lowest BCUT2D eigenvalue weighted by Gasteiger charge is -2.20. The van der Waals surface area contributed by atoms with Gasteiger partial charge in [0.15, 0.2) is 0 Å². The van der Waals surface area contributed by atoms with Crippen LogP contribution >= 0.6 is 15.9 Å². The Morgan fingerprint density at radius 1 is 1.10 bits per heavy atom. The Hall–Kier alpha value is -2.07. The average molecular weight is 344 g/mol. The lowest BCUT2D eigenvalue weighted by atomic mass is 10.1. The highest BCUT2D eigenvalue weighted by molar-refractivity contribution is 9.10. The first kappa shape index (κ1) is 13.9. The molecule has 1 heterocycles. The van der Waals surface area contributed by atoms with Gasteiger partial charge in [-0.1, -0.05) is 30.3 Å². The zero-order valence-electron chi connectivity index (χ0n) is 11.5. The van der Waals surface area contributed by atoms with Gasteiger partial charge in [0.2, 0.25) is 0 Å². The minimum Gasteiger partial charge on any atom is -0.422 e. The van der Waals surface area contributed by atoms with E-state index >= 15 is 0 Å². The summed E-state index contributed by atoms with van der Waals surface area (Å²) in [5.41, 5.74) is 2.01. The average Bonchev–Trinajstić information content (AvgIpc) is 2.48. The van der Waals surface area contributed by atoms with E-state index in [2.05, 4.69) is 15.9 Å². The molecule has 0 atom stereocenters. The summed E-state index contributed by atoms with van der Waals surface area (Å²) in [6, 6.07) is 17.4. The molecule has 106 valence electrons. The van der Waals surface area contributed by atoms with Crippen molar-refractivity contribution < 1.29 is 4.42 Å². The molecule has 0 saturated heterocycles. The molecule has 4 heteroatoms. The maximum atomic E-state index is 12.1. The van der Waals surface area contributed by atoms with Gasteiger partial charge in [-0.2, -0.15) is 0 Å². The summed E-state index contributed by atoms with van der Waals surface area (Å²) < 4.78 is 6.36. The fourth-order valence-electron chi connectivity index (χ4n) is 2.32. The number of fused-ring (bicyclic) bond motifs is 1. The molecule has 3 rings (SSSR count). The van der Waals surface area contributed by atoms with Gasteiger partial charge >= 0.3 is 5.63 Å².